The summed E-state index contributed by atoms with van der Waals surface area (Å²) in [7, 11) is 0. The van der Waals surface area contributed by atoms with Gasteiger partial charge in [-0.1, -0.05) is 41.9 Å². The molecular weight excluding hydrogens is 364 g/mol. The first-order valence-corrected chi connectivity index (χ1v) is 11.0. The van der Waals surface area contributed by atoms with Gasteiger partial charge in [-0.3, -0.25) is 0 Å². The maximum atomic E-state index is 6.32. The molecule has 0 aromatic rings. The van der Waals surface area contributed by atoms with Gasteiger partial charge in [0.25, 0.3) is 0 Å². The van der Waals surface area contributed by atoms with Crippen molar-refractivity contribution < 1.29 is 9.47 Å². The third-order valence-corrected chi connectivity index (χ3v) is 9.96. The van der Waals surface area contributed by atoms with Gasteiger partial charge in [-0.25, -0.2) is 0 Å². The molecule has 7 unspecified atom stereocenters. The predicted molar refractivity (Wildman–Crippen MR) is 99.0 cm³/mol. The first kappa shape index (κ1) is 16.3. The predicted octanol–water partition coefficient (Wildman–Crippen LogP) is 5.31. The van der Waals surface area contributed by atoms with Gasteiger partial charge < -0.3 is 9.47 Å². The summed E-state index contributed by atoms with van der Waals surface area (Å²) < 4.78 is 12.6. The van der Waals surface area contributed by atoms with E-state index in [1.54, 1.807) is 0 Å². The minimum Gasteiger partial charge on any atom is -0.346 e. The molecule has 4 aliphatic carbocycles. The minimum absolute atomic E-state index is 0.187. The Balaban J connectivity index is 1.51. The van der Waals surface area contributed by atoms with Crippen molar-refractivity contribution in [3.05, 3.63) is 12.2 Å². The summed E-state index contributed by atoms with van der Waals surface area (Å²) in [4.78, 5) is 0.359. The average molecular weight is 395 g/mol. The molecule has 5 rings (SSSR count). The van der Waals surface area contributed by atoms with Crippen LogP contribution in [0.4, 0.5) is 0 Å². The molecule has 0 amide bonds. The Morgan fingerprint density at radius 1 is 1.00 bits per heavy atom. The second-order valence-corrected chi connectivity index (χ2v) is 10.7. The Bertz CT molecular complexity index is 554. The molecule has 7 atom stereocenters. The van der Waals surface area contributed by atoms with E-state index in [1.807, 2.05) is 0 Å². The zero-order valence-corrected chi connectivity index (χ0v) is 16.7. The van der Waals surface area contributed by atoms with Crippen LogP contribution in [0.25, 0.3) is 0 Å². The topological polar surface area (TPSA) is 18.5 Å². The lowest BCUT2D eigenvalue weighted by Crippen LogP contribution is -2.57. The third-order valence-electron chi connectivity index (χ3n) is 8.99. The van der Waals surface area contributed by atoms with E-state index >= 15 is 0 Å². The Kier molecular flexibility index (Phi) is 3.62. The van der Waals surface area contributed by atoms with E-state index in [1.165, 1.54) is 44.9 Å². The van der Waals surface area contributed by atoms with Gasteiger partial charge >= 0.3 is 0 Å². The molecule has 1 aliphatic heterocycles. The molecule has 0 aromatic heterocycles. The first-order chi connectivity index (χ1) is 11.5. The number of hydrogen-bond acceptors (Lipinski definition) is 2. The fourth-order valence-electron chi connectivity index (χ4n) is 7.70. The lowest BCUT2D eigenvalue weighted by Gasteiger charge is -2.60. The number of hydrogen-bond donors (Lipinski definition) is 0. The van der Waals surface area contributed by atoms with E-state index in [0.717, 1.165) is 36.9 Å². The maximum Gasteiger partial charge on any atom is 0.186 e. The Hall–Kier alpha value is 0.140. The van der Waals surface area contributed by atoms with Crippen molar-refractivity contribution in [1.29, 1.82) is 0 Å². The van der Waals surface area contributed by atoms with Gasteiger partial charge in [-0.2, -0.15) is 0 Å². The molecule has 0 radical (unpaired) electrons. The fraction of sp³-hybridized carbons (Fsp3) is 0.905. The van der Waals surface area contributed by atoms with Gasteiger partial charge in [-0.15, -0.1) is 0 Å². The van der Waals surface area contributed by atoms with Crippen LogP contribution >= 0.6 is 15.9 Å². The molecule has 1 spiro atoms. The minimum atomic E-state index is -0.354. The van der Waals surface area contributed by atoms with E-state index < -0.39 is 0 Å². The summed E-state index contributed by atoms with van der Waals surface area (Å²) in [6.07, 6.45) is 14.3. The molecule has 24 heavy (non-hydrogen) atoms. The van der Waals surface area contributed by atoms with Crippen molar-refractivity contribution in [2.75, 3.05) is 13.2 Å². The number of halogens is 1. The van der Waals surface area contributed by atoms with Crippen LogP contribution in [0.3, 0.4) is 0 Å². The number of ether oxygens (including phenoxy) is 2. The molecular formula is C21H31BrO2. The highest BCUT2D eigenvalue weighted by Gasteiger charge is 2.70. The quantitative estimate of drug-likeness (QED) is 0.409. The zero-order chi connectivity index (χ0) is 16.6. The summed E-state index contributed by atoms with van der Waals surface area (Å²) in [6.45, 7) is 6.63. The van der Waals surface area contributed by atoms with Crippen molar-refractivity contribution in [1.82, 2.24) is 0 Å². The standard InChI is InChI=1S/C21H31BrO2/c1-19-9-4-3-5-14(19)6-7-15-16(19)8-10-20(2)17(15)13-18(22)21(20)23-11-12-24-21/h3-4,14-18H,5-13H2,1-2H3. The van der Waals surface area contributed by atoms with Crippen molar-refractivity contribution in [2.24, 2.45) is 34.5 Å². The molecule has 1 heterocycles. The summed E-state index contributed by atoms with van der Waals surface area (Å²) >= 11 is 3.99. The Labute approximate surface area is 154 Å². The van der Waals surface area contributed by atoms with Crippen LogP contribution in [0.15, 0.2) is 12.2 Å². The van der Waals surface area contributed by atoms with Crippen molar-refractivity contribution in [3.8, 4) is 0 Å². The van der Waals surface area contributed by atoms with Gasteiger partial charge in [-0.05, 0) is 74.0 Å². The second-order valence-electron chi connectivity index (χ2n) is 9.59. The van der Waals surface area contributed by atoms with Crippen molar-refractivity contribution in [2.45, 2.75) is 69.4 Å². The van der Waals surface area contributed by atoms with Gasteiger partial charge in [0.1, 0.15) is 0 Å². The molecule has 0 bridgehead atoms. The van der Waals surface area contributed by atoms with Crippen LogP contribution in [0, 0.1) is 34.5 Å². The number of allylic oxidation sites excluding steroid dienone is 2. The SMILES string of the molecule is CC12CC=CCC1CCC1C2CCC2(C)C1CC(Br)C21OCCO1. The summed E-state index contributed by atoms with van der Waals surface area (Å²) in [5, 5.41) is 0. The lowest BCUT2D eigenvalue weighted by molar-refractivity contribution is -0.243. The maximum absolute atomic E-state index is 6.32. The van der Waals surface area contributed by atoms with E-state index in [9.17, 15) is 0 Å². The Morgan fingerprint density at radius 2 is 1.79 bits per heavy atom. The molecule has 4 fully saturated rings. The summed E-state index contributed by atoms with van der Waals surface area (Å²) in [5.74, 6) is 3.08. The van der Waals surface area contributed by atoms with Crippen LogP contribution in [0.5, 0.6) is 0 Å². The van der Waals surface area contributed by atoms with Crippen LogP contribution in [0.1, 0.15) is 58.8 Å². The zero-order valence-electron chi connectivity index (χ0n) is 15.1. The number of alkyl halides is 1. The van der Waals surface area contributed by atoms with E-state index in [0.29, 0.717) is 10.2 Å². The van der Waals surface area contributed by atoms with E-state index in [4.69, 9.17) is 9.47 Å². The van der Waals surface area contributed by atoms with Crippen LogP contribution in [-0.4, -0.2) is 23.8 Å². The van der Waals surface area contributed by atoms with Gasteiger partial charge in [0.05, 0.1) is 18.0 Å². The third kappa shape index (κ3) is 1.85. The molecule has 134 valence electrons. The highest BCUT2D eigenvalue weighted by atomic mass is 79.9. The van der Waals surface area contributed by atoms with E-state index in [2.05, 4.69) is 41.9 Å². The molecule has 1 saturated heterocycles. The fourth-order valence-corrected chi connectivity index (χ4v) is 8.89. The Morgan fingerprint density at radius 3 is 2.58 bits per heavy atom. The first-order valence-electron chi connectivity index (χ1n) is 10.1. The largest absolute Gasteiger partial charge is 0.346 e. The van der Waals surface area contributed by atoms with Crippen LogP contribution in [-0.2, 0) is 9.47 Å². The number of rotatable bonds is 0. The van der Waals surface area contributed by atoms with Gasteiger partial charge in [0, 0.05) is 5.41 Å². The monoisotopic (exact) mass is 394 g/mol. The van der Waals surface area contributed by atoms with Crippen LogP contribution in [0.2, 0.25) is 0 Å². The summed E-state index contributed by atoms with van der Waals surface area (Å²) in [5.41, 5.74) is 0.723. The van der Waals surface area contributed by atoms with E-state index in [-0.39, 0.29) is 11.2 Å². The molecule has 5 aliphatic rings. The van der Waals surface area contributed by atoms with Gasteiger partial charge in [0.2, 0.25) is 0 Å². The highest BCUT2D eigenvalue weighted by Crippen LogP contribution is 2.70. The number of fused-ring (bicyclic) bond motifs is 6. The molecule has 2 nitrogen and oxygen atoms in total. The smallest absolute Gasteiger partial charge is 0.186 e. The second kappa shape index (κ2) is 5.33. The van der Waals surface area contributed by atoms with Crippen molar-refractivity contribution >= 4 is 15.9 Å². The van der Waals surface area contributed by atoms with Gasteiger partial charge in [0.15, 0.2) is 5.79 Å². The van der Waals surface area contributed by atoms with Crippen LogP contribution < -0.4 is 0 Å². The summed E-state index contributed by atoms with van der Waals surface area (Å²) in [6, 6.07) is 0. The lowest BCUT2D eigenvalue weighted by atomic mass is 9.45. The molecule has 3 saturated carbocycles. The highest BCUT2D eigenvalue weighted by molar-refractivity contribution is 9.09. The molecule has 0 aromatic carbocycles. The normalized spacial score (nSPS) is 55.2. The molecule has 3 heteroatoms. The van der Waals surface area contributed by atoms with Crippen molar-refractivity contribution in [3.63, 3.8) is 0 Å². The molecule has 0 N–H and O–H groups in total. The average Bonchev–Trinajstić information content (AvgIpc) is 3.15.